The Hall–Kier alpha value is -0.830. The smallest absolute Gasteiger partial charge is 0.244 e. The maximum absolute atomic E-state index is 11.5. The molecule has 2 rings (SSSR count). The topological polar surface area (TPSA) is 55.1 Å². The molecule has 0 aromatic carbocycles. The fourth-order valence-electron chi connectivity index (χ4n) is 1.94. The van der Waals surface area contributed by atoms with Crippen molar-refractivity contribution < 1.29 is 4.79 Å². The van der Waals surface area contributed by atoms with Crippen molar-refractivity contribution in [2.75, 3.05) is 0 Å². The highest BCUT2D eigenvalue weighted by Crippen LogP contribution is 2.23. The molecule has 2 aliphatic rings. The van der Waals surface area contributed by atoms with E-state index in [1.54, 1.807) is 6.08 Å². The molecule has 0 aliphatic heterocycles. The van der Waals surface area contributed by atoms with Gasteiger partial charge in [-0.25, -0.2) is 0 Å². The predicted octanol–water partition coefficient (Wildman–Crippen LogP) is 1.09. The summed E-state index contributed by atoms with van der Waals surface area (Å²) in [5.74, 6) is 0.0554. The third-order valence-electron chi connectivity index (χ3n) is 3.00. The summed E-state index contributed by atoms with van der Waals surface area (Å²) < 4.78 is 0. The van der Waals surface area contributed by atoms with Crippen LogP contribution in [0.3, 0.4) is 0 Å². The van der Waals surface area contributed by atoms with Gasteiger partial charge < -0.3 is 11.1 Å². The van der Waals surface area contributed by atoms with Crippen LogP contribution in [0.25, 0.3) is 0 Å². The second kappa shape index (κ2) is 4.13. The standard InChI is InChI=1S/C11H18N2O/c12-9-7-10(9)13-11(14)6-8-4-2-1-3-5-8/h6,9-10H,1-5,7,12H2,(H,13,14). The van der Waals surface area contributed by atoms with Crippen molar-refractivity contribution in [3.63, 3.8) is 0 Å². The minimum atomic E-state index is 0.0554. The zero-order valence-electron chi connectivity index (χ0n) is 8.46. The highest BCUT2D eigenvalue weighted by atomic mass is 16.1. The lowest BCUT2D eigenvalue weighted by Gasteiger charge is -2.13. The van der Waals surface area contributed by atoms with Crippen LogP contribution < -0.4 is 11.1 Å². The maximum Gasteiger partial charge on any atom is 0.244 e. The van der Waals surface area contributed by atoms with Crippen molar-refractivity contribution in [3.8, 4) is 0 Å². The van der Waals surface area contributed by atoms with Gasteiger partial charge in [-0.15, -0.1) is 0 Å². The molecule has 2 aliphatic carbocycles. The van der Waals surface area contributed by atoms with E-state index < -0.39 is 0 Å². The van der Waals surface area contributed by atoms with Gasteiger partial charge in [-0.3, -0.25) is 4.79 Å². The molecule has 2 atom stereocenters. The molecule has 1 amide bonds. The van der Waals surface area contributed by atoms with Gasteiger partial charge in [0.25, 0.3) is 0 Å². The molecule has 2 saturated carbocycles. The van der Waals surface area contributed by atoms with Gasteiger partial charge in [0.05, 0.1) is 0 Å². The lowest BCUT2D eigenvalue weighted by atomic mass is 9.95. The molecule has 3 N–H and O–H groups in total. The van der Waals surface area contributed by atoms with Crippen LogP contribution in [-0.2, 0) is 4.79 Å². The average molecular weight is 194 g/mol. The lowest BCUT2D eigenvalue weighted by Crippen LogP contribution is -2.28. The van der Waals surface area contributed by atoms with Crippen molar-refractivity contribution in [2.45, 2.75) is 50.6 Å². The molecule has 78 valence electrons. The average Bonchev–Trinajstić information content (AvgIpc) is 2.83. The third-order valence-corrected chi connectivity index (χ3v) is 3.00. The summed E-state index contributed by atoms with van der Waals surface area (Å²) in [5.41, 5.74) is 6.92. The van der Waals surface area contributed by atoms with Crippen molar-refractivity contribution in [1.29, 1.82) is 0 Å². The number of hydrogen-bond donors (Lipinski definition) is 2. The summed E-state index contributed by atoms with van der Waals surface area (Å²) >= 11 is 0. The van der Waals surface area contributed by atoms with E-state index >= 15 is 0 Å². The molecule has 3 heteroatoms. The van der Waals surface area contributed by atoms with E-state index in [0.29, 0.717) is 0 Å². The van der Waals surface area contributed by atoms with Crippen LogP contribution in [0.1, 0.15) is 38.5 Å². The number of nitrogens with one attached hydrogen (secondary N) is 1. The Labute approximate surface area is 84.7 Å². The fourth-order valence-corrected chi connectivity index (χ4v) is 1.94. The van der Waals surface area contributed by atoms with Crippen molar-refractivity contribution in [3.05, 3.63) is 11.6 Å². The Morgan fingerprint density at radius 3 is 2.57 bits per heavy atom. The van der Waals surface area contributed by atoms with Gasteiger partial charge in [0.2, 0.25) is 5.91 Å². The van der Waals surface area contributed by atoms with E-state index in [-0.39, 0.29) is 18.0 Å². The van der Waals surface area contributed by atoms with Crippen LogP contribution in [0.15, 0.2) is 11.6 Å². The van der Waals surface area contributed by atoms with E-state index in [1.165, 1.54) is 24.8 Å². The first-order valence-electron chi connectivity index (χ1n) is 5.51. The largest absolute Gasteiger partial charge is 0.348 e. The molecule has 0 spiro atoms. The lowest BCUT2D eigenvalue weighted by molar-refractivity contribution is -0.116. The van der Waals surface area contributed by atoms with Gasteiger partial charge in [-0.2, -0.15) is 0 Å². The molecule has 0 bridgehead atoms. The van der Waals surface area contributed by atoms with Gasteiger partial charge >= 0.3 is 0 Å². The molecule has 3 nitrogen and oxygen atoms in total. The Balaban J connectivity index is 1.79. The first-order chi connectivity index (χ1) is 6.75. The highest BCUT2D eigenvalue weighted by Gasteiger charge is 2.34. The van der Waals surface area contributed by atoms with Crippen LogP contribution in [0.2, 0.25) is 0 Å². The number of nitrogens with two attached hydrogens (primary N) is 1. The van der Waals surface area contributed by atoms with Crippen molar-refractivity contribution in [1.82, 2.24) is 5.32 Å². The Bertz CT molecular complexity index is 252. The number of rotatable bonds is 2. The van der Waals surface area contributed by atoms with Gasteiger partial charge in [-0.05, 0) is 32.1 Å². The van der Waals surface area contributed by atoms with Crippen molar-refractivity contribution >= 4 is 5.91 Å². The van der Waals surface area contributed by atoms with Gasteiger partial charge in [-0.1, -0.05) is 12.0 Å². The molecule has 14 heavy (non-hydrogen) atoms. The summed E-state index contributed by atoms with van der Waals surface area (Å²) in [4.78, 5) is 11.5. The number of allylic oxidation sites excluding steroid dienone is 1. The molecule has 0 aromatic rings. The first kappa shape index (κ1) is 9.71. The maximum atomic E-state index is 11.5. The third kappa shape index (κ3) is 2.58. The molecule has 2 unspecified atom stereocenters. The number of carbonyl (C=O) groups excluding carboxylic acids is 1. The molecule has 0 saturated heterocycles. The van der Waals surface area contributed by atoms with Crippen LogP contribution in [-0.4, -0.2) is 18.0 Å². The Morgan fingerprint density at radius 2 is 2.00 bits per heavy atom. The molecule has 0 radical (unpaired) electrons. The minimum Gasteiger partial charge on any atom is -0.348 e. The van der Waals surface area contributed by atoms with E-state index in [2.05, 4.69) is 5.32 Å². The summed E-state index contributed by atoms with van der Waals surface area (Å²) in [6.45, 7) is 0. The fraction of sp³-hybridized carbons (Fsp3) is 0.727. The Kier molecular flexibility index (Phi) is 2.87. The van der Waals surface area contributed by atoms with E-state index in [9.17, 15) is 4.79 Å². The van der Waals surface area contributed by atoms with Crippen molar-refractivity contribution in [2.24, 2.45) is 5.73 Å². The summed E-state index contributed by atoms with van der Waals surface area (Å²) in [6, 6.07) is 0.437. The summed E-state index contributed by atoms with van der Waals surface area (Å²) in [5, 5.41) is 2.91. The van der Waals surface area contributed by atoms with Gasteiger partial charge in [0.1, 0.15) is 0 Å². The molecule has 0 aromatic heterocycles. The van der Waals surface area contributed by atoms with Crippen LogP contribution in [0.4, 0.5) is 0 Å². The Morgan fingerprint density at radius 1 is 1.36 bits per heavy atom. The normalized spacial score (nSPS) is 31.1. The predicted molar refractivity (Wildman–Crippen MR) is 55.7 cm³/mol. The number of amides is 1. The van der Waals surface area contributed by atoms with E-state index in [0.717, 1.165) is 19.3 Å². The van der Waals surface area contributed by atoms with Crippen LogP contribution >= 0.6 is 0 Å². The van der Waals surface area contributed by atoms with Gasteiger partial charge in [0, 0.05) is 18.2 Å². The number of hydrogen-bond acceptors (Lipinski definition) is 2. The van der Waals surface area contributed by atoms with Crippen LogP contribution in [0.5, 0.6) is 0 Å². The second-order valence-electron chi connectivity index (χ2n) is 4.38. The molecular formula is C11H18N2O. The molecular weight excluding hydrogens is 176 g/mol. The zero-order valence-corrected chi connectivity index (χ0v) is 8.46. The first-order valence-corrected chi connectivity index (χ1v) is 5.51. The van der Waals surface area contributed by atoms with Gasteiger partial charge in [0.15, 0.2) is 0 Å². The quantitative estimate of drug-likeness (QED) is 0.647. The van der Waals surface area contributed by atoms with Crippen LogP contribution in [0, 0.1) is 0 Å². The SMILES string of the molecule is NC1CC1NC(=O)C=C1CCCCC1. The summed E-state index contributed by atoms with van der Waals surface area (Å²) in [6.07, 6.45) is 8.71. The number of carbonyl (C=O) groups is 1. The zero-order chi connectivity index (χ0) is 9.97. The van der Waals surface area contributed by atoms with E-state index in [1.807, 2.05) is 0 Å². The molecule has 0 heterocycles. The monoisotopic (exact) mass is 194 g/mol. The summed E-state index contributed by atoms with van der Waals surface area (Å²) in [7, 11) is 0. The minimum absolute atomic E-state index is 0.0554. The van der Waals surface area contributed by atoms with E-state index in [4.69, 9.17) is 5.73 Å². The second-order valence-corrected chi connectivity index (χ2v) is 4.38. The highest BCUT2D eigenvalue weighted by molar-refractivity contribution is 5.88. The molecule has 2 fully saturated rings.